The van der Waals surface area contributed by atoms with Gasteiger partial charge in [-0.3, -0.25) is 9.80 Å². The van der Waals surface area contributed by atoms with E-state index in [0.29, 0.717) is 5.92 Å². The van der Waals surface area contributed by atoms with Crippen LogP contribution in [0, 0.1) is 11.7 Å². The maximum absolute atomic E-state index is 13.7. The van der Waals surface area contributed by atoms with Gasteiger partial charge in [-0.15, -0.1) is 0 Å². The van der Waals surface area contributed by atoms with Gasteiger partial charge in [0.15, 0.2) is 11.6 Å². The van der Waals surface area contributed by atoms with E-state index < -0.39 is 0 Å². The quantitative estimate of drug-likeness (QED) is 0.871. The largest absolute Gasteiger partial charge is 0.494 e. The molecule has 1 saturated heterocycles. The molecule has 1 aliphatic heterocycles. The highest BCUT2D eigenvalue weighted by Crippen LogP contribution is 2.19. The van der Waals surface area contributed by atoms with Crippen molar-refractivity contribution < 1.29 is 14.2 Å². The maximum Gasteiger partial charge on any atom is 0.165 e. The van der Waals surface area contributed by atoms with Gasteiger partial charge in [0, 0.05) is 39.3 Å². The van der Waals surface area contributed by atoms with Gasteiger partial charge in [0.2, 0.25) is 0 Å². The lowest BCUT2D eigenvalue weighted by Gasteiger charge is -2.36. The number of nitrogens with zero attached hydrogens (tertiary/aromatic N) is 2. The summed E-state index contributed by atoms with van der Waals surface area (Å²) in [5.74, 6) is 0.273. The molecule has 1 aromatic rings. The molecule has 5 heteroatoms. The molecule has 22 heavy (non-hydrogen) atoms. The summed E-state index contributed by atoms with van der Waals surface area (Å²) in [6, 6.07) is 5.14. The minimum atomic E-state index is -0.307. The predicted octanol–water partition coefficient (Wildman–Crippen LogP) is 1.97. The van der Waals surface area contributed by atoms with E-state index in [1.807, 2.05) is 19.9 Å². The van der Waals surface area contributed by atoms with Crippen LogP contribution in [0.15, 0.2) is 18.2 Å². The number of hydrogen-bond donors (Lipinski definition) is 1. The van der Waals surface area contributed by atoms with Crippen LogP contribution in [0.25, 0.3) is 0 Å². The lowest BCUT2D eigenvalue weighted by Crippen LogP contribution is -2.48. The Morgan fingerprint density at radius 1 is 1.18 bits per heavy atom. The molecule has 124 valence electrons. The number of piperazine rings is 1. The Bertz CT molecular complexity index is 474. The minimum absolute atomic E-state index is 0.262. The number of hydrogen-bond acceptors (Lipinski definition) is 4. The Morgan fingerprint density at radius 3 is 2.36 bits per heavy atom. The monoisotopic (exact) mass is 310 g/mol. The molecule has 1 atom stereocenters. The van der Waals surface area contributed by atoms with Crippen molar-refractivity contribution in [1.29, 1.82) is 0 Å². The molecule has 2 rings (SSSR count). The molecule has 0 radical (unpaired) electrons. The van der Waals surface area contributed by atoms with E-state index in [2.05, 4.69) is 9.80 Å². The fourth-order valence-corrected chi connectivity index (χ4v) is 2.67. The summed E-state index contributed by atoms with van der Waals surface area (Å²) in [6.07, 6.45) is -0.262. The number of rotatable bonds is 6. The fraction of sp³-hybridized carbons (Fsp3) is 0.647. The Labute approximate surface area is 132 Å². The zero-order chi connectivity index (χ0) is 16.1. The van der Waals surface area contributed by atoms with Crippen LogP contribution in [-0.2, 0) is 6.54 Å². The number of aliphatic hydroxyl groups excluding tert-OH is 1. The van der Waals surface area contributed by atoms with Crippen molar-refractivity contribution >= 4 is 0 Å². The third-order valence-corrected chi connectivity index (χ3v) is 4.30. The highest BCUT2D eigenvalue weighted by atomic mass is 19.1. The van der Waals surface area contributed by atoms with Crippen molar-refractivity contribution in [1.82, 2.24) is 9.80 Å². The molecule has 0 amide bonds. The summed E-state index contributed by atoms with van der Waals surface area (Å²) in [5, 5.41) is 9.95. The molecule has 0 spiro atoms. The normalized spacial score (nSPS) is 18.6. The standard InChI is InChI=1S/C17H27FN2O2/c1-13(2)16(21)12-20-8-6-19(7-9-20)11-14-4-5-17(22-3)15(18)10-14/h4-5,10,13,16,21H,6-9,11-12H2,1-3H3/t16-/m1/s1. The van der Waals surface area contributed by atoms with Gasteiger partial charge in [-0.25, -0.2) is 4.39 Å². The second-order valence-corrected chi connectivity index (χ2v) is 6.36. The van der Waals surface area contributed by atoms with Crippen molar-refractivity contribution in [3.05, 3.63) is 29.6 Å². The van der Waals surface area contributed by atoms with Gasteiger partial charge < -0.3 is 9.84 Å². The first-order valence-electron chi connectivity index (χ1n) is 7.94. The van der Waals surface area contributed by atoms with E-state index >= 15 is 0 Å². The highest BCUT2D eigenvalue weighted by Gasteiger charge is 2.20. The first kappa shape index (κ1) is 17.2. The molecule has 1 N–H and O–H groups in total. The van der Waals surface area contributed by atoms with Crippen LogP contribution < -0.4 is 4.74 Å². The first-order valence-corrected chi connectivity index (χ1v) is 7.94. The summed E-state index contributed by atoms with van der Waals surface area (Å²) < 4.78 is 18.6. The smallest absolute Gasteiger partial charge is 0.165 e. The number of ether oxygens (including phenoxy) is 1. The van der Waals surface area contributed by atoms with Gasteiger partial charge in [-0.2, -0.15) is 0 Å². The Kier molecular flexibility index (Phi) is 6.17. The van der Waals surface area contributed by atoms with Crippen molar-refractivity contribution in [3.63, 3.8) is 0 Å². The molecule has 0 bridgehead atoms. The van der Waals surface area contributed by atoms with E-state index in [0.717, 1.165) is 44.8 Å². The maximum atomic E-state index is 13.7. The number of halogens is 1. The molecule has 1 heterocycles. The van der Waals surface area contributed by atoms with E-state index in [1.54, 1.807) is 12.1 Å². The molecule has 0 unspecified atom stereocenters. The average Bonchev–Trinajstić information content (AvgIpc) is 2.49. The second kappa shape index (κ2) is 7.90. The van der Waals surface area contributed by atoms with Crippen LogP contribution in [0.4, 0.5) is 4.39 Å². The SMILES string of the molecule is COc1ccc(CN2CCN(C[C@@H](O)C(C)C)CC2)cc1F. The van der Waals surface area contributed by atoms with Crippen LogP contribution >= 0.6 is 0 Å². The van der Waals surface area contributed by atoms with Crippen molar-refractivity contribution in [2.24, 2.45) is 5.92 Å². The molecule has 1 fully saturated rings. The van der Waals surface area contributed by atoms with E-state index in [1.165, 1.54) is 7.11 Å². The van der Waals surface area contributed by atoms with Crippen LogP contribution in [0.5, 0.6) is 5.75 Å². The summed E-state index contributed by atoms with van der Waals surface area (Å²) >= 11 is 0. The summed E-state index contributed by atoms with van der Waals surface area (Å²) in [7, 11) is 1.48. The molecule has 0 saturated carbocycles. The van der Waals surface area contributed by atoms with Gasteiger partial charge in [0.1, 0.15) is 0 Å². The molecule has 1 aromatic carbocycles. The van der Waals surface area contributed by atoms with Gasteiger partial charge in [0.25, 0.3) is 0 Å². The first-order chi connectivity index (χ1) is 10.5. The number of β-amino-alcohol motifs (C(OH)–C–C–N with tert-alkyl or cyclic N) is 1. The van der Waals surface area contributed by atoms with Crippen molar-refractivity contribution in [2.45, 2.75) is 26.5 Å². The minimum Gasteiger partial charge on any atom is -0.494 e. The predicted molar refractivity (Wildman–Crippen MR) is 85.5 cm³/mol. The topological polar surface area (TPSA) is 35.9 Å². The molecule has 1 aliphatic rings. The number of benzene rings is 1. The molecular formula is C17H27FN2O2. The van der Waals surface area contributed by atoms with Crippen molar-refractivity contribution in [2.75, 3.05) is 39.8 Å². The number of aliphatic hydroxyl groups is 1. The summed E-state index contributed by atoms with van der Waals surface area (Å²) in [5.41, 5.74) is 0.967. The average molecular weight is 310 g/mol. The Hall–Kier alpha value is -1.17. The van der Waals surface area contributed by atoms with Crippen LogP contribution in [-0.4, -0.2) is 60.8 Å². The summed E-state index contributed by atoms with van der Waals surface area (Å²) in [6.45, 7) is 9.35. The van der Waals surface area contributed by atoms with Crippen LogP contribution in [0.1, 0.15) is 19.4 Å². The Balaban J connectivity index is 1.81. The lowest BCUT2D eigenvalue weighted by molar-refractivity contribution is 0.0481. The van der Waals surface area contributed by atoms with Gasteiger partial charge in [-0.05, 0) is 23.6 Å². The van der Waals surface area contributed by atoms with Gasteiger partial charge in [0.05, 0.1) is 13.2 Å². The third-order valence-electron chi connectivity index (χ3n) is 4.30. The summed E-state index contributed by atoms with van der Waals surface area (Å²) in [4.78, 5) is 4.62. The lowest BCUT2D eigenvalue weighted by atomic mass is 10.1. The van der Waals surface area contributed by atoms with Gasteiger partial charge >= 0.3 is 0 Å². The van der Waals surface area contributed by atoms with E-state index in [4.69, 9.17) is 4.74 Å². The van der Waals surface area contributed by atoms with E-state index in [9.17, 15) is 9.50 Å². The van der Waals surface area contributed by atoms with Crippen molar-refractivity contribution in [3.8, 4) is 5.75 Å². The third kappa shape index (κ3) is 4.66. The van der Waals surface area contributed by atoms with E-state index in [-0.39, 0.29) is 17.7 Å². The van der Waals surface area contributed by atoms with Crippen LogP contribution in [0.3, 0.4) is 0 Å². The second-order valence-electron chi connectivity index (χ2n) is 6.36. The Morgan fingerprint density at radius 2 is 1.82 bits per heavy atom. The molecule has 0 aromatic heterocycles. The highest BCUT2D eigenvalue weighted by molar-refractivity contribution is 5.29. The zero-order valence-electron chi connectivity index (χ0n) is 13.8. The number of methoxy groups -OCH3 is 1. The van der Waals surface area contributed by atoms with Crippen LogP contribution in [0.2, 0.25) is 0 Å². The molecule has 0 aliphatic carbocycles. The zero-order valence-corrected chi connectivity index (χ0v) is 13.8. The fourth-order valence-electron chi connectivity index (χ4n) is 2.67. The van der Waals surface area contributed by atoms with Gasteiger partial charge in [-0.1, -0.05) is 19.9 Å². The molecule has 4 nitrogen and oxygen atoms in total. The molecular weight excluding hydrogens is 283 g/mol.